The minimum Gasteiger partial charge on any atom is -0.462 e. The fourth-order valence-electron chi connectivity index (χ4n) is 3.32. The second kappa shape index (κ2) is 10.5. The number of hydrogen-bond donors (Lipinski definition) is 1. The van der Waals surface area contributed by atoms with Crippen molar-refractivity contribution in [1.82, 2.24) is 0 Å². The van der Waals surface area contributed by atoms with Crippen LogP contribution in [0.15, 0.2) is 18.2 Å². The average Bonchev–Trinajstić information content (AvgIpc) is 3.13. The van der Waals surface area contributed by atoms with Crippen LogP contribution in [-0.4, -0.2) is 44.0 Å². The van der Waals surface area contributed by atoms with E-state index in [0.29, 0.717) is 70.8 Å². The van der Waals surface area contributed by atoms with E-state index in [4.69, 9.17) is 32.7 Å². The quantitative estimate of drug-likeness (QED) is 0.597. The number of benzene rings is 1. The highest BCUT2D eigenvalue weighted by Gasteiger charge is 2.28. The van der Waals surface area contributed by atoms with Crippen LogP contribution in [0, 0.1) is 11.3 Å². The second-order valence-electron chi connectivity index (χ2n) is 6.75. The molecule has 2 aromatic rings. The molecular formula is C21H22Cl2N2O4S. The van der Waals surface area contributed by atoms with E-state index in [-0.39, 0.29) is 6.61 Å². The molecule has 1 aromatic heterocycles. The van der Waals surface area contributed by atoms with Crippen LogP contribution in [0.1, 0.15) is 45.8 Å². The van der Waals surface area contributed by atoms with E-state index < -0.39 is 12.1 Å². The lowest BCUT2D eigenvalue weighted by molar-refractivity contribution is 0.0530. The van der Waals surface area contributed by atoms with Crippen LogP contribution in [0.2, 0.25) is 10.0 Å². The number of aliphatic hydroxyl groups excluding tert-OH is 1. The predicted octanol–water partition coefficient (Wildman–Crippen LogP) is 4.61. The Hall–Kier alpha value is -1.82. The zero-order valence-electron chi connectivity index (χ0n) is 16.5. The van der Waals surface area contributed by atoms with Crippen LogP contribution < -0.4 is 4.90 Å². The van der Waals surface area contributed by atoms with E-state index in [2.05, 4.69) is 11.0 Å². The number of carbonyl (C=O) groups excluding carboxylic acids is 1. The number of nitrogens with zero attached hydrogens (tertiary/aromatic N) is 2. The topological polar surface area (TPSA) is 82.8 Å². The summed E-state index contributed by atoms with van der Waals surface area (Å²) in [6, 6.07) is 7.23. The van der Waals surface area contributed by atoms with E-state index in [1.807, 2.05) is 0 Å². The van der Waals surface area contributed by atoms with Gasteiger partial charge < -0.3 is 19.5 Å². The number of morpholine rings is 1. The normalized spacial score (nSPS) is 15.0. The Balaban J connectivity index is 1.89. The van der Waals surface area contributed by atoms with Gasteiger partial charge in [0.15, 0.2) is 0 Å². The molecule has 0 amide bonds. The predicted molar refractivity (Wildman–Crippen MR) is 118 cm³/mol. The summed E-state index contributed by atoms with van der Waals surface area (Å²) in [6.45, 7) is 4.45. The second-order valence-corrected chi connectivity index (χ2v) is 8.56. The van der Waals surface area contributed by atoms with Crippen LogP contribution in [0.4, 0.5) is 5.00 Å². The molecule has 2 heterocycles. The van der Waals surface area contributed by atoms with Crippen molar-refractivity contribution in [3.8, 4) is 6.07 Å². The lowest BCUT2D eigenvalue weighted by Gasteiger charge is -2.27. The molecule has 1 N–H and O–H groups in total. The van der Waals surface area contributed by atoms with E-state index in [9.17, 15) is 15.2 Å². The van der Waals surface area contributed by atoms with E-state index in [0.717, 1.165) is 5.00 Å². The molecule has 160 valence electrons. The minimum atomic E-state index is -0.812. The fourth-order valence-corrected chi connectivity index (χ4v) is 4.88. The van der Waals surface area contributed by atoms with Crippen molar-refractivity contribution in [2.45, 2.75) is 25.9 Å². The Bertz CT molecular complexity index is 951. The van der Waals surface area contributed by atoms with E-state index in [1.165, 1.54) is 11.3 Å². The summed E-state index contributed by atoms with van der Waals surface area (Å²) in [5, 5.41) is 22.0. The highest BCUT2D eigenvalue weighted by Crippen LogP contribution is 2.38. The van der Waals surface area contributed by atoms with Crippen molar-refractivity contribution >= 4 is 45.5 Å². The molecular weight excluding hydrogens is 447 g/mol. The van der Waals surface area contributed by atoms with Crippen molar-refractivity contribution in [2.24, 2.45) is 0 Å². The van der Waals surface area contributed by atoms with Crippen LogP contribution in [0.3, 0.4) is 0 Å². The van der Waals surface area contributed by atoms with Gasteiger partial charge in [-0.2, -0.15) is 5.26 Å². The monoisotopic (exact) mass is 468 g/mol. The van der Waals surface area contributed by atoms with Gasteiger partial charge in [-0.15, -0.1) is 11.3 Å². The maximum Gasteiger partial charge on any atom is 0.348 e. The van der Waals surface area contributed by atoms with Crippen molar-refractivity contribution in [1.29, 1.82) is 5.26 Å². The Labute approximate surface area is 189 Å². The molecule has 0 radical (unpaired) electrons. The van der Waals surface area contributed by atoms with Crippen molar-refractivity contribution in [3.63, 3.8) is 0 Å². The van der Waals surface area contributed by atoms with E-state index >= 15 is 0 Å². The maximum absolute atomic E-state index is 12.6. The molecule has 0 aliphatic carbocycles. The van der Waals surface area contributed by atoms with Gasteiger partial charge in [0.05, 0.1) is 41.5 Å². The van der Waals surface area contributed by atoms with Gasteiger partial charge in [-0.1, -0.05) is 29.3 Å². The molecule has 9 heteroatoms. The molecule has 0 saturated carbocycles. The van der Waals surface area contributed by atoms with Crippen molar-refractivity contribution in [3.05, 3.63) is 49.8 Å². The average molecular weight is 469 g/mol. The number of carbonyl (C=O) groups is 1. The minimum absolute atomic E-state index is 0.247. The lowest BCUT2D eigenvalue weighted by Crippen LogP contribution is -2.36. The summed E-state index contributed by atoms with van der Waals surface area (Å²) < 4.78 is 10.6. The first-order chi connectivity index (χ1) is 14.5. The molecule has 6 nitrogen and oxygen atoms in total. The molecule has 1 unspecified atom stereocenters. The Morgan fingerprint density at radius 2 is 2.10 bits per heavy atom. The van der Waals surface area contributed by atoms with Crippen LogP contribution in [0.5, 0.6) is 0 Å². The van der Waals surface area contributed by atoms with Crippen LogP contribution in [0.25, 0.3) is 0 Å². The summed E-state index contributed by atoms with van der Waals surface area (Å²) in [5.41, 5.74) is 1.71. The summed E-state index contributed by atoms with van der Waals surface area (Å²) in [4.78, 5) is 15.0. The molecule has 30 heavy (non-hydrogen) atoms. The van der Waals surface area contributed by atoms with Gasteiger partial charge in [0.25, 0.3) is 0 Å². The number of thiophene rings is 1. The summed E-state index contributed by atoms with van der Waals surface area (Å²) >= 11 is 13.3. The van der Waals surface area contributed by atoms with Crippen LogP contribution >= 0.6 is 34.5 Å². The summed E-state index contributed by atoms with van der Waals surface area (Å²) in [5.74, 6) is -0.447. The number of esters is 1. The number of anilines is 1. The van der Waals surface area contributed by atoms with Gasteiger partial charge in [-0.25, -0.2) is 4.79 Å². The number of nitriles is 1. The van der Waals surface area contributed by atoms with Crippen molar-refractivity contribution in [2.75, 3.05) is 37.8 Å². The summed E-state index contributed by atoms with van der Waals surface area (Å²) in [6.07, 6.45) is -0.148. The smallest absolute Gasteiger partial charge is 0.348 e. The highest BCUT2D eigenvalue weighted by atomic mass is 35.5. The highest BCUT2D eigenvalue weighted by molar-refractivity contribution is 7.18. The standard InChI is InChI=1S/C21H22Cl2N2O4S/c1-2-29-21(27)19-14(4-6-18(26)13-3-5-16(22)17(23)11-13)15(12-24)20(30-19)25-7-9-28-10-8-25/h3,5,11,18,26H,2,4,6-10H2,1H3. The number of ether oxygens (including phenoxy) is 2. The first-order valence-electron chi connectivity index (χ1n) is 9.64. The molecule has 1 aromatic carbocycles. The molecule has 0 spiro atoms. The lowest BCUT2D eigenvalue weighted by atomic mass is 9.99. The first kappa shape index (κ1) is 22.9. The number of hydrogen-bond acceptors (Lipinski definition) is 7. The molecule has 1 fully saturated rings. The third-order valence-corrected chi connectivity index (χ3v) is 6.87. The molecule has 1 atom stereocenters. The number of rotatable bonds is 7. The Kier molecular flexibility index (Phi) is 7.98. The maximum atomic E-state index is 12.6. The van der Waals surface area contributed by atoms with Crippen LogP contribution in [-0.2, 0) is 15.9 Å². The third-order valence-electron chi connectivity index (χ3n) is 4.86. The van der Waals surface area contributed by atoms with Gasteiger partial charge in [-0.3, -0.25) is 0 Å². The largest absolute Gasteiger partial charge is 0.462 e. The van der Waals surface area contributed by atoms with Gasteiger partial charge in [-0.05, 0) is 43.0 Å². The molecule has 1 saturated heterocycles. The Morgan fingerprint density at radius 3 is 2.73 bits per heavy atom. The molecule has 3 rings (SSSR count). The van der Waals surface area contributed by atoms with Gasteiger partial charge in [0, 0.05) is 13.1 Å². The molecule has 0 bridgehead atoms. The summed E-state index contributed by atoms with van der Waals surface area (Å²) in [7, 11) is 0. The van der Waals surface area contributed by atoms with Gasteiger partial charge in [0.2, 0.25) is 0 Å². The number of halogens is 2. The first-order valence-corrected chi connectivity index (χ1v) is 11.2. The van der Waals surface area contributed by atoms with Gasteiger partial charge in [0.1, 0.15) is 15.9 Å². The fraction of sp³-hybridized carbons (Fsp3) is 0.429. The third kappa shape index (κ3) is 5.08. The molecule has 1 aliphatic rings. The Morgan fingerprint density at radius 1 is 1.37 bits per heavy atom. The number of aliphatic hydroxyl groups is 1. The van der Waals surface area contributed by atoms with E-state index in [1.54, 1.807) is 25.1 Å². The zero-order valence-corrected chi connectivity index (χ0v) is 18.8. The zero-order chi connectivity index (χ0) is 21.7. The van der Waals surface area contributed by atoms with Gasteiger partial charge >= 0.3 is 5.97 Å². The van der Waals surface area contributed by atoms with Crippen molar-refractivity contribution < 1.29 is 19.4 Å². The molecule has 1 aliphatic heterocycles. The SMILES string of the molecule is CCOC(=O)c1sc(N2CCOCC2)c(C#N)c1CCC(O)c1ccc(Cl)c(Cl)c1.